The normalized spacial score (nSPS) is 15.2. The van der Waals surface area contributed by atoms with Gasteiger partial charge in [0, 0.05) is 26.2 Å². The van der Waals surface area contributed by atoms with E-state index < -0.39 is 0 Å². The number of anilines is 1. The van der Waals surface area contributed by atoms with Crippen LogP contribution in [0.5, 0.6) is 5.75 Å². The summed E-state index contributed by atoms with van der Waals surface area (Å²) >= 11 is 0. The molecule has 110 valence electrons. The molecule has 0 atom stereocenters. The van der Waals surface area contributed by atoms with Gasteiger partial charge in [-0.2, -0.15) is 0 Å². The van der Waals surface area contributed by atoms with E-state index in [0.29, 0.717) is 6.61 Å². The molecule has 20 heavy (non-hydrogen) atoms. The summed E-state index contributed by atoms with van der Waals surface area (Å²) in [4.78, 5) is 2.45. The number of rotatable bonds is 7. The van der Waals surface area contributed by atoms with E-state index in [0.717, 1.165) is 31.9 Å². The first kappa shape index (κ1) is 14.9. The molecule has 0 aromatic heterocycles. The van der Waals surface area contributed by atoms with Crippen LogP contribution in [0.15, 0.2) is 30.9 Å². The number of nitrogens with zero attached hydrogens (tertiary/aromatic N) is 1. The lowest BCUT2D eigenvalue weighted by Gasteiger charge is -2.30. The summed E-state index contributed by atoms with van der Waals surface area (Å²) in [6.07, 6.45) is 5.80. The van der Waals surface area contributed by atoms with Gasteiger partial charge in [-0.25, -0.2) is 0 Å². The number of ether oxygens (including phenoxy) is 1. The zero-order valence-electron chi connectivity index (χ0n) is 12.5. The molecule has 1 aliphatic heterocycles. The van der Waals surface area contributed by atoms with Crippen molar-refractivity contribution in [2.45, 2.75) is 32.7 Å². The minimum Gasteiger partial charge on any atom is -0.492 e. The van der Waals surface area contributed by atoms with Crippen LogP contribution < -0.4 is 15.0 Å². The highest BCUT2D eigenvalue weighted by Crippen LogP contribution is 2.31. The predicted octanol–water partition coefficient (Wildman–Crippen LogP) is 3.35. The quantitative estimate of drug-likeness (QED) is 0.609. The van der Waals surface area contributed by atoms with Crippen molar-refractivity contribution < 1.29 is 4.74 Å². The second-order valence-corrected chi connectivity index (χ2v) is 5.20. The van der Waals surface area contributed by atoms with Crippen molar-refractivity contribution in [1.29, 1.82) is 0 Å². The van der Waals surface area contributed by atoms with Crippen LogP contribution in [0.25, 0.3) is 0 Å². The number of benzene rings is 1. The molecule has 2 rings (SSSR count). The van der Waals surface area contributed by atoms with Gasteiger partial charge in [-0.3, -0.25) is 0 Å². The van der Waals surface area contributed by atoms with E-state index in [9.17, 15) is 0 Å². The van der Waals surface area contributed by atoms with E-state index in [4.69, 9.17) is 4.74 Å². The molecule has 1 aromatic carbocycles. The molecular weight excluding hydrogens is 248 g/mol. The van der Waals surface area contributed by atoms with Crippen molar-refractivity contribution >= 4 is 5.69 Å². The average molecular weight is 274 g/mol. The van der Waals surface area contributed by atoms with E-state index in [-0.39, 0.29) is 0 Å². The van der Waals surface area contributed by atoms with Crippen LogP contribution in [0.4, 0.5) is 5.69 Å². The maximum Gasteiger partial charge on any atom is 0.142 e. The molecule has 0 saturated carbocycles. The molecule has 0 unspecified atom stereocenters. The van der Waals surface area contributed by atoms with Crippen LogP contribution in [0.3, 0.4) is 0 Å². The molecule has 3 heteroatoms. The molecule has 1 aromatic rings. The molecule has 0 aliphatic carbocycles. The summed E-state index contributed by atoms with van der Waals surface area (Å²) in [5.41, 5.74) is 2.51. The number of hydrogen-bond donors (Lipinski definition) is 1. The van der Waals surface area contributed by atoms with Gasteiger partial charge in [0.15, 0.2) is 0 Å². The minimum absolute atomic E-state index is 0.713. The summed E-state index contributed by atoms with van der Waals surface area (Å²) in [7, 11) is 0. The Labute approximate surface area is 122 Å². The van der Waals surface area contributed by atoms with Crippen molar-refractivity contribution in [3.8, 4) is 5.75 Å². The first-order valence-electron chi connectivity index (χ1n) is 7.67. The highest BCUT2D eigenvalue weighted by atomic mass is 16.5. The standard InChI is InChI=1S/C17H26N2O/c1-3-10-18-14-15-8-9-16(17(13-15)20-4-2)19-11-6-5-7-12-19/h3,8-9,13,18H,1,4-7,10-12,14H2,2H3. The molecular formula is C17H26N2O. The number of nitrogens with one attached hydrogen (secondary N) is 1. The Balaban J connectivity index is 2.11. The third-order valence-corrected chi connectivity index (χ3v) is 3.64. The zero-order chi connectivity index (χ0) is 14.2. The topological polar surface area (TPSA) is 24.5 Å². The Morgan fingerprint density at radius 3 is 2.80 bits per heavy atom. The molecule has 1 heterocycles. The Hall–Kier alpha value is -1.48. The fourth-order valence-corrected chi connectivity index (χ4v) is 2.65. The highest BCUT2D eigenvalue weighted by molar-refractivity contribution is 5.60. The van der Waals surface area contributed by atoms with Gasteiger partial charge < -0.3 is 15.0 Å². The molecule has 0 radical (unpaired) electrons. The van der Waals surface area contributed by atoms with Crippen molar-refractivity contribution in [1.82, 2.24) is 5.32 Å². The highest BCUT2D eigenvalue weighted by Gasteiger charge is 2.15. The lowest BCUT2D eigenvalue weighted by molar-refractivity contribution is 0.339. The fraction of sp³-hybridized carbons (Fsp3) is 0.529. The van der Waals surface area contributed by atoms with Crippen molar-refractivity contribution in [3.63, 3.8) is 0 Å². The Morgan fingerprint density at radius 2 is 2.10 bits per heavy atom. The summed E-state index contributed by atoms with van der Waals surface area (Å²) in [6.45, 7) is 10.5. The molecule has 1 fully saturated rings. The second-order valence-electron chi connectivity index (χ2n) is 5.20. The average Bonchev–Trinajstić information content (AvgIpc) is 2.49. The third kappa shape index (κ3) is 4.01. The summed E-state index contributed by atoms with van der Waals surface area (Å²) < 4.78 is 5.85. The third-order valence-electron chi connectivity index (χ3n) is 3.64. The maximum atomic E-state index is 5.85. The summed E-state index contributed by atoms with van der Waals surface area (Å²) in [5.74, 6) is 1.02. The molecule has 3 nitrogen and oxygen atoms in total. The van der Waals surface area contributed by atoms with Gasteiger partial charge in [-0.15, -0.1) is 6.58 Å². The zero-order valence-corrected chi connectivity index (χ0v) is 12.5. The van der Waals surface area contributed by atoms with Gasteiger partial charge in [0.2, 0.25) is 0 Å². The van der Waals surface area contributed by atoms with E-state index in [1.807, 2.05) is 13.0 Å². The molecule has 0 bridgehead atoms. The SMILES string of the molecule is C=CCNCc1ccc(N2CCCCC2)c(OCC)c1. The number of hydrogen-bond acceptors (Lipinski definition) is 3. The van der Waals surface area contributed by atoms with E-state index >= 15 is 0 Å². The van der Waals surface area contributed by atoms with Crippen LogP contribution in [-0.2, 0) is 6.54 Å². The Kier molecular flexibility index (Phi) is 5.93. The van der Waals surface area contributed by atoms with Crippen LogP contribution >= 0.6 is 0 Å². The van der Waals surface area contributed by atoms with Crippen LogP contribution in [0, 0.1) is 0 Å². The van der Waals surface area contributed by atoms with E-state index in [2.05, 4.69) is 35.0 Å². The maximum absolute atomic E-state index is 5.85. The van der Waals surface area contributed by atoms with Gasteiger partial charge in [0.25, 0.3) is 0 Å². The molecule has 1 saturated heterocycles. The van der Waals surface area contributed by atoms with Crippen molar-refractivity contribution in [2.75, 3.05) is 31.1 Å². The predicted molar refractivity (Wildman–Crippen MR) is 85.6 cm³/mol. The smallest absolute Gasteiger partial charge is 0.142 e. The van der Waals surface area contributed by atoms with Crippen LogP contribution in [0.2, 0.25) is 0 Å². The second kappa shape index (κ2) is 7.95. The van der Waals surface area contributed by atoms with E-state index in [1.165, 1.54) is 30.5 Å². The van der Waals surface area contributed by atoms with Gasteiger partial charge in [-0.05, 0) is 43.9 Å². The Morgan fingerprint density at radius 1 is 1.30 bits per heavy atom. The molecule has 0 spiro atoms. The lowest BCUT2D eigenvalue weighted by atomic mass is 10.1. The van der Waals surface area contributed by atoms with Crippen LogP contribution in [0.1, 0.15) is 31.7 Å². The molecule has 1 aliphatic rings. The first-order valence-corrected chi connectivity index (χ1v) is 7.67. The van der Waals surface area contributed by atoms with Crippen LogP contribution in [-0.4, -0.2) is 26.2 Å². The van der Waals surface area contributed by atoms with Gasteiger partial charge in [-0.1, -0.05) is 12.1 Å². The van der Waals surface area contributed by atoms with Gasteiger partial charge >= 0.3 is 0 Å². The Bertz CT molecular complexity index is 425. The van der Waals surface area contributed by atoms with Crippen molar-refractivity contribution in [2.24, 2.45) is 0 Å². The molecule has 0 amide bonds. The van der Waals surface area contributed by atoms with Gasteiger partial charge in [0.1, 0.15) is 5.75 Å². The van der Waals surface area contributed by atoms with E-state index in [1.54, 1.807) is 0 Å². The molecule has 1 N–H and O–H groups in total. The largest absolute Gasteiger partial charge is 0.492 e. The van der Waals surface area contributed by atoms with Crippen molar-refractivity contribution in [3.05, 3.63) is 36.4 Å². The van der Waals surface area contributed by atoms with Gasteiger partial charge in [0.05, 0.1) is 12.3 Å². The monoisotopic (exact) mass is 274 g/mol. The first-order chi connectivity index (χ1) is 9.85. The number of piperidine rings is 1. The summed E-state index contributed by atoms with van der Waals surface area (Å²) in [5, 5.41) is 3.33. The fourth-order valence-electron chi connectivity index (χ4n) is 2.65. The lowest BCUT2D eigenvalue weighted by Crippen LogP contribution is -2.29. The minimum atomic E-state index is 0.713. The summed E-state index contributed by atoms with van der Waals surface area (Å²) in [6, 6.07) is 6.58.